The number of hydrogen-bond acceptors (Lipinski definition) is 6. The number of ketones is 1. The van der Waals surface area contributed by atoms with E-state index in [4.69, 9.17) is 10.5 Å². The Bertz CT molecular complexity index is 950. The van der Waals surface area contributed by atoms with E-state index < -0.39 is 41.0 Å². The molecule has 0 atom stereocenters. The third-order valence-electron chi connectivity index (χ3n) is 3.13. The number of anilines is 1. The van der Waals surface area contributed by atoms with Crippen molar-refractivity contribution < 1.29 is 18.7 Å². The zero-order valence-electron chi connectivity index (χ0n) is 12.3. The van der Waals surface area contributed by atoms with Crippen molar-refractivity contribution in [2.45, 2.75) is 0 Å². The average Bonchev–Trinajstić information content (AvgIpc) is 2.52. The summed E-state index contributed by atoms with van der Waals surface area (Å²) in [6.45, 7) is -0.837. The number of hydrogen-bond donors (Lipinski definition) is 2. The quantitative estimate of drug-likeness (QED) is 0.572. The third-order valence-corrected chi connectivity index (χ3v) is 3.62. The molecule has 0 amide bonds. The molecule has 3 N–H and O–H groups in total. The molecule has 126 valence electrons. The average molecular weight is 400 g/mol. The Morgan fingerprint density at radius 3 is 2.71 bits per heavy atom. The van der Waals surface area contributed by atoms with Crippen molar-refractivity contribution in [2.24, 2.45) is 7.05 Å². The van der Waals surface area contributed by atoms with Gasteiger partial charge in [0.05, 0.1) is 5.56 Å². The van der Waals surface area contributed by atoms with Crippen molar-refractivity contribution in [3.05, 3.63) is 60.5 Å². The van der Waals surface area contributed by atoms with E-state index in [2.05, 4.69) is 15.9 Å². The van der Waals surface area contributed by atoms with Crippen molar-refractivity contribution in [3.63, 3.8) is 0 Å². The number of ether oxygens (including phenoxy) is 1. The summed E-state index contributed by atoms with van der Waals surface area (Å²) in [4.78, 5) is 48.8. The lowest BCUT2D eigenvalue weighted by Crippen LogP contribution is -2.35. The number of aromatic amines is 1. The number of aromatic nitrogens is 2. The van der Waals surface area contributed by atoms with Crippen molar-refractivity contribution in [3.8, 4) is 0 Å². The van der Waals surface area contributed by atoms with Crippen LogP contribution in [-0.2, 0) is 11.8 Å². The molecule has 8 nitrogen and oxygen atoms in total. The number of nitrogens with zero attached hydrogens (tertiary/aromatic N) is 1. The van der Waals surface area contributed by atoms with Crippen molar-refractivity contribution in [1.29, 1.82) is 0 Å². The number of carbonyl (C=O) groups is 2. The van der Waals surface area contributed by atoms with Crippen LogP contribution in [0.25, 0.3) is 0 Å². The summed E-state index contributed by atoms with van der Waals surface area (Å²) in [6, 6.07) is 3.63. The van der Waals surface area contributed by atoms with Gasteiger partial charge in [0.2, 0.25) is 5.78 Å². The van der Waals surface area contributed by atoms with Gasteiger partial charge in [-0.2, -0.15) is 0 Å². The molecule has 0 spiro atoms. The number of carbonyl (C=O) groups excluding carboxylic acids is 2. The van der Waals surface area contributed by atoms with Gasteiger partial charge in [0.1, 0.15) is 17.2 Å². The second kappa shape index (κ2) is 6.79. The molecule has 0 saturated heterocycles. The molecule has 0 aliphatic carbocycles. The van der Waals surface area contributed by atoms with Crippen LogP contribution in [0.4, 0.5) is 10.2 Å². The Morgan fingerprint density at radius 1 is 1.38 bits per heavy atom. The Kier molecular flexibility index (Phi) is 4.98. The molecule has 1 aromatic heterocycles. The number of benzene rings is 1. The molecule has 0 fully saturated rings. The number of H-pyrrole nitrogens is 1. The molecule has 10 heteroatoms. The minimum absolute atomic E-state index is 0.363. The van der Waals surface area contributed by atoms with Crippen LogP contribution < -0.4 is 17.0 Å². The Labute approximate surface area is 142 Å². The molecule has 24 heavy (non-hydrogen) atoms. The number of nitrogens with one attached hydrogen (secondary N) is 1. The first kappa shape index (κ1) is 17.6. The lowest BCUT2D eigenvalue weighted by molar-refractivity contribution is 0.0469. The standard InChI is InChI=1S/C14H11BrFN3O5/c1-19-11(17)10(12(21)18-14(19)23)9(20)5-24-13(22)7-4-6(15)2-3-8(7)16/h2-4H,5,17H2,1H3,(H,18,21,23). The van der Waals surface area contributed by atoms with Crippen LogP contribution in [0.2, 0.25) is 0 Å². The van der Waals surface area contributed by atoms with E-state index in [0.29, 0.717) is 4.47 Å². The van der Waals surface area contributed by atoms with Crippen LogP contribution in [0.3, 0.4) is 0 Å². The predicted molar refractivity (Wildman–Crippen MR) is 85.4 cm³/mol. The van der Waals surface area contributed by atoms with E-state index in [1.807, 2.05) is 4.98 Å². The number of nitrogens with two attached hydrogens (primary N) is 1. The van der Waals surface area contributed by atoms with Crippen LogP contribution in [-0.4, -0.2) is 27.9 Å². The molecule has 2 aromatic rings. The van der Waals surface area contributed by atoms with Gasteiger partial charge in [0, 0.05) is 11.5 Å². The highest BCUT2D eigenvalue weighted by Crippen LogP contribution is 2.16. The Morgan fingerprint density at radius 2 is 2.04 bits per heavy atom. The summed E-state index contributed by atoms with van der Waals surface area (Å²) in [5, 5.41) is 0. The number of nitrogen functional groups attached to an aromatic ring is 1. The van der Waals surface area contributed by atoms with Crippen molar-refractivity contribution >= 4 is 33.5 Å². The van der Waals surface area contributed by atoms with Gasteiger partial charge in [-0.3, -0.25) is 19.1 Å². The fraction of sp³-hybridized carbons (Fsp3) is 0.143. The fourth-order valence-corrected chi connectivity index (χ4v) is 2.20. The lowest BCUT2D eigenvalue weighted by Gasteiger charge is -2.08. The number of Topliss-reactive ketones (excluding diaryl/α,β-unsaturated/α-hetero) is 1. The Hall–Kier alpha value is -2.75. The molecule has 0 radical (unpaired) electrons. The molecule has 1 heterocycles. The lowest BCUT2D eigenvalue weighted by atomic mass is 10.2. The molecule has 0 aliphatic rings. The van der Waals surface area contributed by atoms with Crippen LogP contribution in [0.1, 0.15) is 20.7 Å². The third kappa shape index (κ3) is 3.43. The van der Waals surface area contributed by atoms with Crippen LogP contribution in [0.15, 0.2) is 32.3 Å². The van der Waals surface area contributed by atoms with E-state index in [9.17, 15) is 23.6 Å². The first-order chi connectivity index (χ1) is 11.2. The maximum absolute atomic E-state index is 13.6. The molecular formula is C14H11BrFN3O5. The smallest absolute Gasteiger partial charge is 0.341 e. The molecule has 0 saturated carbocycles. The van der Waals surface area contributed by atoms with Crippen molar-refractivity contribution in [1.82, 2.24) is 9.55 Å². The molecule has 0 bridgehead atoms. The summed E-state index contributed by atoms with van der Waals surface area (Å²) in [7, 11) is 1.26. The molecule has 2 rings (SSSR count). The topological polar surface area (TPSA) is 124 Å². The maximum Gasteiger partial charge on any atom is 0.341 e. The summed E-state index contributed by atoms with van der Waals surface area (Å²) in [5.74, 6) is -3.19. The highest BCUT2D eigenvalue weighted by molar-refractivity contribution is 9.10. The van der Waals surface area contributed by atoms with E-state index in [1.165, 1.54) is 19.2 Å². The molecular weight excluding hydrogens is 389 g/mol. The first-order valence-corrected chi connectivity index (χ1v) is 7.25. The van der Waals surface area contributed by atoms with Crippen molar-refractivity contribution in [2.75, 3.05) is 12.3 Å². The van der Waals surface area contributed by atoms with Gasteiger partial charge >= 0.3 is 11.7 Å². The van der Waals surface area contributed by atoms with Gasteiger partial charge in [-0.1, -0.05) is 15.9 Å². The summed E-state index contributed by atoms with van der Waals surface area (Å²) < 4.78 is 19.6. The van der Waals surface area contributed by atoms with Gasteiger partial charge in [-0.15, -0.1) is 0 Å². The van der Waals surface area contributed by atoms with E-state index in [1.54, 1.807) is 0 Å². The summed E-state index contributed by atoms with van der Waals surface area (Å²) in [6.07, 6.45) is 0. The monoisotopic (exact) mass is 399 g/mol. The maximum atomic E-state index is 13.6. The summed E-state index contributed by atoms with van der Waals surface area (Å²) >= 11 is 3.08. The highest BCUT2D eigenvalue weighted by atomic mass is 79.9. The Balaban J connectivity index is 2.21. The minimum Gasteiger partial charge on any atom is -0.454 e. The van der Waals surface area contributed by atoms with E-state index in [0.717, 1.165) is 10.6 Å². The van der Waals surface area contributed by atoms with Gasteiger partial charge in [0.25, 0.3) is 5.56 Å². The van der Waals surface area contributed by atoms with Gasteiger partial charge in [0.15, 0.2) is 6.61 Å². The highest BCUT2D eigenvalue weighted by Gasteiger charge is 2.21. The number of rotatable bonds is 4. The van der Waals surface area contributed by atoms with Crippen LogP contribution >= 0.6 is 15.9 Å². The zero-order valence-corrected chi connectivity index (χ0v) is 13.8. The van der Waals surface area contributed by atoms with Crippen LogP contribution in [0, 0.1) is 5.82 Å². The molecule has 0 unspecified atom stereocenters. The van der Waals surface area contributed by atoms with E-state index >= 15 is 0 Å². The second-order valence-electron chi connectivity index (χ2n) is 4.70. The molecule has 0 aliphatic heterocycles. The van der Waals surface area contributed by atoms with E-state index in [-0.39, 0.29) is 11.4 Å². The summed E-state index contributed by atoms with van der Waals surface area (Å²) in [5.41, 5.74) is 2.89. The van der Waals surface area contributed by atoms with Gasteiger partial charge < -0.3 is 10.5 Å². The normalized spacial score (nSPS) is 10.5. The predicted octanol–water partition coefficient (Wildman–Crippen LogP) is 0.597. The van der Waals surface area contributed by atoms with Gasteiger partial charge in [-0.25, -0.2) is 14.0 Å². The second-order valence-corrected chi connectivity index (χ2v) is 5.62. The van der Waals surface area contributed by atoms with Gasteiger partial charge in [-0.05, 0) is 18.2 Å². The SMILES string of the molecule is Cn1c(N)c(C(=O)COC(=O)c2cc(Br)ccc2F)c(=O)[nH]c1=O. The zero-order chi connectivity index (χ0) is 18.0. The minimum atomic E-state index is -1.08. The van der Waals surface area contributed by atoms with Crippen LogP contribution in [0.5, 0.6) is 0 Å². The fourth-order valence-electron chi connectivity index (χ4n) is 1.84. The first-order valence-electron chi connectivity index (χ1n) is 6.46. The molecule has 1 aromatic carbocycles. The number of halogens is 2. The largest absolute Gasteiger partial charge is 0.454 e. The number of esters is 1.